The molecule has 1 heterocycles. The Morgan fingerprint density at radius 3 is 2.72 bits per heavy atom. The standard InChI is InChI=1S/C14H9ClN2S/c15-11-3-1-2-9(6-11)10-4-5-12-13(7-10)16-8-14(18)17-12/h1-8H,(H,17,18). The summed E-state index contributed by atoms with van der Waals surface area (Å²) in [5, 5.41) is 0.730. The quantitative estimate of drug-likeness (QED) is 0.655. The van der Waals surface area contributed by atoms with Gasteiger partial charge in [0.15, 0.2) is 0 Å². The number of nitrogens with one attached hydrogen (secondary N) is 1. The number of H-pyrrole nitrogens is 1. The molecule has 0 unspecified atom stereocenters. The van der Waals surface area contributed by atoms with Gasteiger partial charge in [-0.25, -0.2) is 0 Å². The van der Waals surface area contributed by atoms with E-state index < -0.39 is 0 Å². The molecule has 0 fully saturated rings. The van der Waals surface area contributed by atoms with Crippen molar-refractivity contribution in [3.8, 4) is 11.1 Å². The lowest BCUT2D eigenvalue weighted by molar-refractivity contribution is 1.27. The zero-order valence-corrected chi connectivity index (χ0v) is 10.9. The number of aromatic nitrogens is 2. The van der Waals surface area contributed by atoms with Crippen LogP contribution >= 0.6 is 23.8 Å². The number of hydrogen-bond acceptors (Lipinski definition) is 2. The first-order valence-electron chi connectivity index (χ1n) is 5.47. The molecular formula is C14H9ClN2S. The van der Waals surface area contributed by atoms with E-state index in [-0.39, 0.29) is 0 Å². The zero-order valence-electron chi connectivity index (χ0n) is 9.35. The third-order valence-corrected chi connectivity index (χ3v) is 3.18. The van der Waals surface area contributed by atoms with Crippen LogP contribution in [0.3, 0.4) is 0 Å². The Balaban J connectivity index is 2.19. The van der Waals surface area contributed by atoms with Crippen molar-refractivity contribution in [3.05, 3.63) is 58.3 Å². The first-order chi connectivity index (χ1) is 8.72. The Labute approximate surface area is 114 Å². The van der Waals surface area contributed by atoms with E-state index in [1.807, 2.05) is 42.5 Å². The van der Waals surface area contributed by atoms with Crippen molar-refractivity contribution in [2.45, 2.75) is 0 Å². The molecule has 0 saturated carbocycles. The molecule has 18 heavy (non-hydrogen) atoms. The molecule has 0 atom stereocenters. The summed E-state index contributed by atoms with van der Waals surface area (Å²) < 4.78 is 0.637. The summed E-state index contributed by atoms with van der Waals surface area (Å²) in [4.78, 5) is 7.43. The molecule has 0 bridgehead atoms. The van der Waals surface area contributed by atoms with Crippen LogP contribution in [0.1, 0.15) is 0 Å². The predicted octanol–water partition coefficient (Wildman–Crippen LogP) is 4.61. The molecule has 0 amide bonds. The van der Waals surface area contributed by atoms with Gasteiger partial charge in [0.1, 0.15) is 4.64 Å². The van der Waals surface area contributed by atoms with Gasteiger partial charge in [0.2, 0.25) is 0 Å². The summed E-state index contributed by atoms with van der Waals surface area (Å²) in [6.45, 7) is 0. The van der Waals surface area contributed by atoms with Crippen LogP contribution < -0.4 is 0 Å². The predicted molar refractivity (Wildman–Crippen MR) is 77.4 cm³/mol. The lowest BCUT2D eigenvalue weighted by Crippen LogP contribution is -1.85. The third-order valence-electron chi connectivity index (χ3n) is 2.73. The minimum absolute atomic E-state index is 0.637. The second kappa shape index (κ2) is 4.52. The second-order valence-electron chi connectivity index (χ2n) is 3.99. The van der Waals surface area contributed by atoms with Crippen LogP contribution in [0.25, 0.3) is 22.2 Å². The minimum Gasteiger partial charge on any atom is -0.344 e. The SMILES string of the molecule is S=c1cnc2cc(-c3cccc(Cl)c3)ccc2[nH]1. The second-order valence-corrected chi connectivity index (χ2v) is 4.87. The fourth-order valence-electron chi connectivity index (χ4n) is 1.88. The van der Waals surface area contributed by atoms with Crippen LogP contribution in [0.4, 0.5) is 0 Å². The molecule has 88 valence electrons. The molecule has 2 nitrogen and oxygen atoms in total. The van der Waals surface area contributed by atoms with E-state index in [1.165, 1.54) is 0 Å². The molecule has 3 aromatic rings. The maximum atomic E-state index is 6.00. The minimum atomic E-state index is 0.637. The lowest BCUT2D eigenvalue weighted by Gasteiger charge is -2.04. The molecule has 0 spiro atoms. The Kier molecular flexibility index (Phi) is 2.86. The van der Waals surface area contributed by atoms with Crippen molar-refractivity contribution >= 4 is 34.9 Å². The highest BCUT2D eigenvalue weighted by atomic mass is 35.5. The number of fused-ring (bicyclic) bond motifs is 1. The van der Waals surface area contributed by atoms with Gasteiger partial charge in [-0.3, -0.25) is 4.98 Å². The molecule has 1 N–H and O–H groups in total. The van der Waals surface area contributed by atoms with Crippen molar-refractivity contribution in [3.63, 3.8) is 0 Å². The van der Waals surface area contributed by atoms with Crippen molar-refractivity contribution in [2.75, 3.05) is 0 Å². The number of rotatable bonds is 1. The van der Waals surface area contributed by atoms with Gasteiger partial charge in [-0.1, -0.05) is 42.0 Å². The molecule has 0 saturated heterocycles. The van der Waals surface area contributed by atoms with Crippen molar-refractivity contribution in [2.24, 2.45) is 0 Å². The smallest absolute Gasteiger partial charge is 0.122 e. The van der Waals surface area contributed by atoms with E-state index in [2.05, 4.69) is 9.97 Å². The summed E-state index contributed by atoms with van der Waals surface area (Å²) in [5.74, 6) is 0. The van der Waals surface area contributed by atoms with Gasteiger partial charge < -0.3 is 4.98 Å². The summed E-state index contributed by atoms with van der Waals surface area (Å²) in [6, 6.07) is 13.8. The molecule has 2 aromatic carbocycles. The van der Waals surface area contributed by atoms with Crippen LogP contribution in [0, 0.1) is 4.64 Å². The fourth-order valence-corrected chi connectivity index (χ4v) is 2.24. The highest BCUT2D eigenvalue weighted by Crippen LogP contribution is 2.24. The van der Waals surface area contributed by atoms with Gasteiger partial charge in [0, 0.05) is 5.02 Å². The van der Waals surface area contributed by atoms with Crippen molar-refractivity contribution in [1.29, 1.82) is 0 Å². The Hall–Kier alpha value is -1.71. The van der Waals surface area contributed by atoms with E-state index in [1.54, 1.807) is 6.20 Å². The number of benzene rings is 2. The van der Waals surface area contributed by atoms with Crippen LogP contribution in [0.2, 0.25) is 5.02 Å². The highest BCUT2D eigenvalue weighted by molar-refractivity contribution is 7.71. The summed E-state index contributed by atoms with van der Waals surface area (Å²) >= 11 is 11.0. The number of aromatic amines is 1. The molecule has 0 aliphatic rings. The molecule has 0 aliphatic heterocycles. The topological polar surface area (TPSA) is 28.7 Å². The van der Waals surface area contributed by atoms with Crippen LogP contribution in [0.15, 0.2) is 48.7 Å². The Morgan fingerprint density at radius 1 is 1.06 bits per heavy atom. The summed E-state index contributed by atoms with van der Waals surface area (Å²) in [7, 11) is 0. The van der Waals surface area contributed by atoms with E-state index in [9.17, 15) is 0 Å². The molecule has 0 aliphatic carbocycles. The maximum absolute atomic E-state index is 6.00. The van der Waals surface area contributed by atoms with Gasteiger partial charge in [0.25, 0.3) is 0 Å². The average molecular weight is 273 g/mol. The van der Waals surface area contributed by atoms with Crippen LogP contribution in [-0.2, 0) is 0 Å². The maximum Gasteiger partial charge on any atom is 0.122 e. The van der Waals surface area contributed by atoms with Gasteiger partial charge in [-0.2, -0.15) is 0 Å². The Bertz CT molecular complexity index is 780. The van der Waals surface area contributed by atoms with Gasteiger partial charge in [-0.05, 0) is 35.4 Å². The summed E-state index contributed by atoms with van der Waals surface area (Å²) in [6.07, 6.45) is 1.65. The highest BCUT2D eigenvalue weighted by Gasteiger charge is 2.01. The molecule has 4 heteroatoms. The van der Waals surface area contributed by atoms with Crippen LogP contribution in [-0.4, -0.2) is 9.97 Å². The van der Waals surface area contributed by atoms with E-state index in [0.717, 1.165) is 27.2 Å². The summed E-state index contributed by atoms with van der Waals surface area (Å²) in [5.41, 5.74) is 3.99. The number of hydrogen-bond donors (Lipinski definition) is 1. The van der Waals surface area contributed by atoms with E-state index >= 15 is 0 Å². The van der Waals surface area contributed by atoms with Gasteiger partial charge >= 0.3 is 0 Å². The third kappa shape index (κ3) is 2.15. The Morgan fingerprint density at radius 2 is 1.89 bits per heavy atom. The lowest BCUT2D eigenvalue weighted by atomic mass is 10.1. The van der Waals surface area contributed by atoms with Gasteiger partial charge in [-0.15, -0.1) is 0 Å². The molecule has 1 aromatic heterocycles. The number of halogens is 1. The normalized spacial score (nSPS) is 10.7. The first kappa shape index (κ1) is 11.4. The monoisotopic (exact) mass is 272 g/mol. The molecule has 0 radical (unpaired) electrons. The first-order valence-corrected chi connectivity index (χ1v) is 6.26. The number of nitrogens with zero attached hydrogens (tertiary/aromatic N) is 1. The molecule has 3 rings (SSSR count). The van der Waals surface area contributed by atoms with Crippen molar-refractivity contribution in [1.82, 2.24) is 9.97 Å². The zero-order chi connectivity index (χ0) is 12.5. The largest absolute Gasteiger partial charge is 0.344 e. The van der Waals surface area contributed by atoms with Crippen LogP contribution in [0.5, 0.6) is 0 Å². The average Bonchev–Trinajstić information content (AvgIpc) is 2.38. The van der Waals surface area contributed by atoms with Crippen molar-refractivity contribution < 1.29 is 0 Å². The molecular weight excluding hydrogens is 264 g/mol. The van der Waals surface area contributed by atoms with Gasteiger partial charge in [0.05, 0.1) is 17.2 Å². The van der Waals surface area contributed by atoms with E-state index in [0.29, 0.717) is 4.64 Å². The fraction of sp³-hybridized carbons (Fsp3) is 0. The van der Waals surface area contributed by atoms with E-state index in [4.69, 9.17) is 23.8 Å².